The zero-order valence-corrected chi connectivity index (χ0v) is 11.6. The van der Waals surface area contributed by atoms with E-state index in [0.717, 1.165) is 17.2 Å². The van der Waals surface area contributed by atoms with Crippen LogP contribution in [0.4, 0.5) is 5.69 Å². The number of amides is 1. The SMILES string of the molecule is Cc1c(NC(C)C2CC2)cccc1C(=O)NCCO. The number of nitrogens with one attached hydrogen (secondary N) is 2. The molecular formula is C15H22N2O2. The average Bonchev–Trinajstić information content (AvgIpc) is 3.22. The minimum atomic E-state index is -0.130. The number of benzene rings is 1. The van der Waals surface area contributed by atoms with Crippen molar-refractivity contribution < 1.29 is 9.90 Å². The van der Waals surface area contributed by atoms with Crippen molar-refractivity contribution in [1.82, 2.24) is 5.32 Å². The summed E-state index contributed by atoms with van der Waals surface area (Å²) < 4.78 is 0. The minimum Gasteiger partial charge on any atom is -0.395 e. The van der Waals surface area contributed by atoms with Crippen LogP contribution in [0.1, 0.15) is 35.7 Å². The van der Waals surface area contributed by atoms with E-state index in [1.54, 1.807) is 0 Å². The van der Waals surface area contributed by atoms with Crippen molar-refractivity contribution in [2.75, 3.05) is 18.5 Å². The Kier molecular flexibility index (Phi) is 4.43. The van der Waals surface area contributed by atoms with Crippen LogP contribution in [-0.4, -0.2) is 30.2 Å². The van der Waals surface area contributed by atoms with E-state index in [9.17, 15) is 4.79 Å². The lowest BCUT2D eigenvalue weighted by Crippen LogP contribution is -2.27. The van der Waals surface area contributed by atoms with Gasteiger partial charge in [-0.3, -0.25) is 4.79 Å². The molecular weight excluding hydrogens is 240 g/mol. The summed E-state index contributed by atoms with van der Waals surface area (Å²) >= 11 is 0. The van der Waals surface area contributed by atoms with Crippen molar-refractivity contribution in [3.63, 3.8) is 0 Å². The Hall–Kier alpha value is -1.55. The van der Waals surface area contributed by atoms with Crippen LogP contribution in [0.15, 0.2) is 18.2 Å². The van der Waals surface area contributed by atoms with Gasteiger partial charge in [0.05, 0.1) is 6.61 Å². The van der Waals surface area contributed by atoms with Crippen LogP contribution in [0, 0.1) is 12.8 Å². The molecule has 0 radical (unpaired) electrons. The van der Waals surface area contributed by atoms with Crippen LogP contribution in [0.25, 0.3) is 0 Å². The largest absolute Gasteiger partial charge is 0.395 e. The molecule has 1 atom stereocenters. The Labute approximate surface area is 114 Å². The molecule has 3 N–H and O–H groups in total. The second-order valence-electron chi connectivity index (χ2n) is 5.23. The molecule has 4 heteroatoms. The Balaban J connectivity index is 2.10. The predicted octanol–water partition coefficient (Wildman–Crippen LogP) is 1.93. The van der Waals surface area contributed by atoms with E-state index in [-0.39, 0.29) is 19.1 Å². The molecule has 1 aliphatic rings. The molecule has 0 saturated heterocycles. The lowest BCUT2D eigenvalue weighted by molar-refractivity contribution is 0.0944. The van der Waals surface area contributed by atoms with Crippen molar-refractivity contribution in [2.45, 2.75) is 32.7 Å². The first kappa shape index (κ1) is 13.9. The quantitative estimate of drug-likeness (QED) is 0.734. The number of rotatable bonds is 6. The Morgan fingerprint density at radius 3 is 2.84 bits per heavy atom. The summed E-state index contributed by atoms with van der Waals surface area (Å²) in [5.41, 5.74) is 2.66. The first-order valence-corrected chi connectivity index (χ1v) is 6.88. The highest BCUT2D eigenvalue weighted by molar-refractivity contribution is 5.97. The van der Waals surface area contributed by atoms with Gasteiger partial charge in [-0.05, 0) is 50.3 Å². The number of anilines is 1. The summed E-state index contributed by atoms with van der Waals surface area (Å²) in [6, 6.07) is 6.17. The van der Waals surface area contributed by atoms with Gasteiger partial charge in [0, 0.05) is 23.8 Å². The molecule has 0 heterocycles. The lowest BCUT2D eigenvalue weighted by atomic mass is 10.0. The molecule has 1 aliphatic carbocycles. The fourth-order valence-corrected chi connectivity index (χ4v) is 2.26. The third kappa shape index (κ3) is 3.47. The van der Waals surface area contributed by atoms with Gasteiger partial charge in [-0.15, -0.1) is 0 Å². The third-order valence-electron chi connectivity index (χ3n) is 3.69. The van der Waals surface area contributed by atoms with E-state index < -0.39 is 0 Å². The van der Waals surface area contributed by atoms with Crippen molar-refractivity contribution in [3.8, 4) is 0 Å². The normalized spacial score (nSPS) is 15.9. The highest BCUT2D eigenvalue weighted by atomic mass is 16.3. The van der Waals surface area contributed by atoms with Crippen LogP contribution in [0.3, 0.4) is 0 Å². The van der Waals surface area contributed by atoms with Gasteiger partial charge in [0.1, 0.15) is 0 Å². The summed E-state index contributed by atoms with van der Waals surface area (Å²) in [5.74, 6) is 0.639. The van der Waals surface area contributed by atoms with Crippen LogP contribution in [-0.2, 0) is 0 Å². The summed E-state index contributed by atoms with van der Waals surface area (Å²) in [5, 5.41) is 14.9. The van der Waals surface area contributed by atoms with Crippen LogP contribution >= 0.6 is 0 Å². The van der Waals surface area contributed by atoms with Gasteiger partial charge in [-0.25, -0.2) is 0 Å². The van der Waals surface area contributed by atoms with Gasteiger partial charge in [0.2, 0.25) is 0 Å². The average molecular weight is 262 g/mol. The molecule has 1 unspecified atom stereocenters. The van der Waals surface area contributed by atoms with E-state index in [4.69, 9.17) is 5.11 Å². The van der Waals surface area contributed by atoms with Crippen molar-refractivity contribution in [2.24, 2.45) is 5.92 Å². The molecule has 104 valence electrons. The second kappa shape index (κ2) is 6.06. The van der Waals surface area contributed by atoms with E-state index >= 15 is 0 Å². The molecule has 2 rings (SSSR count). The molecule has 0 bridgehead atoms. The molecule has 19 heavy (non-hydrogen) atoms. The fraction of sp³-hybridized carbons (Fsp3) is 0.533. The molecule has 4 nitrogen and oxygen atoms in total. The number of aliphatic hydroxyl groups is 1. The smallest absolute Gasteiger partial charge is 0.251 e. The zero-order chi connectivity index (χ0) is 13.8. The maximum atomic E-state index is 12.0. The van der Waals surface area contributed by atoms with E-state index in [1.165, 1.54) is 12.8 Å². The molecule has 1 aromatic carbocycles. The lowest BCUT2D eigenvalue weighted by Gasteiger charge is -2.18. The van der Waals surface area contributed by atoms with E-state index in [1.807, 2.05) is 25.1 Å². The highest BCUT2D eigenvalue weighted by Gasteiger charge is 2.28. The highest BCUT2D eigenvalue weighted by Crippen LogP contribution is 2.34. The summed E-state index contributed by atoms with van der Waals surface area (Å²) in [6.45, 7) is 4.39. The number of carbonyl (C=O) groups excluding carboxylic acids is 1. The van der Waals surface area contributed by atoms with Gasteiger partial charge < -0.3 is 15.7 Å². The number of hydrogen-bond donors (Lipinski definition) is 3. The van der Waals surface area contributed by atoms with Gasteiger partial charge in [-0.2, -0.15) is 0 Å². The first-order chi connectivity index (χ1) is 9.13. The van der Waals surface area contributed by atoms with Crippen LogP contribution < -0.4 is 10.6 Å². The fourth-order valence-electron chi connectivity index (χ4n) is 2.26. The van der Waals surface area contributed by atoms with Gasteiger partial charge in [-0.1, -0.05) is 6.07 Å². The Morgan fingerprint density at radius 1 is 1.47 bits per heavy atom. The predicted molar refractivity (Wildman–Crippen MR) is 76.4 cm³/mol. The molecule has 0 aromatic heterocycles. The minimum absolute atomic E-state index is 0.0402. The summed E-state index contributed by atoms with van der Waals surface area (Å²) in [7, 11) is 0. The zero-order valence-electron chi connectivity index (χ0n) is 11.6. The molecule has 1 aromatic rings. The van der Waals surface area contributed by atoms with Crippen LogP contribution in [0.5, 0.6) is 0 Å². The van der Waals surface area contributed by atoms with Gasteiger partial charge >= 0.3 is 0 Å². The molecule has 1 fully saturated rings. The molecule has 0 spiro atoms. The maximum absolute atomic E-state index is 12.0. The van der Waals surface area contributed by atoms with Crippen molar-refractivity contribution >= 4 is 11.6 Å². The van der Waals surface area contributed by atoms with E-state index in [2.05, 4.69) is 17.6 Å². The van der Waals surface area contributed by atoms with Crippen LogP contribution in [0.2, 0.25) is 0 Å². The van der Waals surface area contributed by atoms with Gasteiger partial charge in [0.15, 0.2) is 0 Å². The molecule has 1 saturated carbocycles. The van der Waals surface area contributed by atoms with Crippen molar-refractivity contribution in [1.29, 1.82) is 0 Å². The molecule has 0 aliphatic heterocycles. The number of carbonyl (C=O) groups is 1. The maximum Gasteiger partial charge on any atom is 0.251 e. The topological polar surface area (TPSA) is 61.4 Å². The monoisotopic (exact) mass is 262 g/mol. The standard InChI is InChI=1S/C15H22N2O2/c1-10-13(15(19)16-8-9-18)4-3-5-14(10)17-11(2)12-6-7-12/h3-5,11-12,17-18H,6-9H2,1-2H3,(H,16,19). The number of aliphatic hydroxyl groups excluding tert-OH is 1. The Bertz CT molecular complexity index is 455. The van der Waals surface area contributed by atoms with E-state index in [0.29, 0.717) is 11.6 Å². The Morgan fingerprint density at radius 2 is 2.21 bits per heavy atom. The molecule has 1 amide bonds. The summed E-state index contributed by atoms with van der Waals surface area (Å²) in [6.07, 6.45) is 2.59. The van der Waals surface area contributed by atoms with Crippen molar-refractivity contribution in [3.05, 3.63) is 29.3 Å². The first-order valence-electron chi connectivity index (χ1n) is 6.88. The second-order valence-corrected chi connectivity index (χ2v) is 5.23. The number of hydrogen-bond acceptors (Lipinski definition) is 3. The van der Waals surface area contributed by atoms with Gasteiger partial charge in [0.25, 0.3) is 5.91 Å². The third-order valence-corrected chi connectivity index (χ3v) is 3.69. The summed E-state index contributed by atoms with van der Waals surface area (Å²) in [4.78, 5) is 12.0.